The molecule has 1 rings (SSSR count). The molecular formula is C12H24N2O2. The van der Waals surface area contributed by atoms with Crippen molar-refractivity contribution in [2.75, 3.05) is 26.7 Å². The Morgan fingerprint density at radius 1 is 1.50 bits per heavy atom. The molecule has 2 unspecified atom stereocenters. The van der Waals surface area contributed by atoms with Gasteiger partial charge in [-0.25, -0.2) is 0 Å². The first-order valence-electron chi connectivity index (χ1n) is 6.20. The van der Waals surface area contributed by atoms with Crippen LogP contribution >= 0.6 is 0 Å². The number of carboxylic acid groups (broad SMARTS) is 1. The van der Waals surface area contributed by atoms with Gasteiger partial charge in [-0.05, 0) is 39.9 Å². The quantitative estimate of drug-likeness (QED) is 0.787. The smallest absolute Gasteiger partial charge is 0.303 e. The van der Waals surface area contributed by atoms with E-state index in [1.54, 1.807) is 0 Å². The van der Waals surface area contributed by atoms with Gasteiger partial charge in [0.15, 0.2) is 0 Å². The molecule has 2 atom stereocenters. The van der Waals surface area contributed by atoms with Crippen LogP contribution in [-0.4, -0.2) is 59.6 Å². The normalized spacial score (nSPS) is 28.9. The van der Waals surface area contributed by atoms with Crippen molar-refractivity contribution in [3.63, 3.8) is 0 Å². The molecular weight excluding hydrogens is 204 g/mol. The third-order valence-corrected chi connectivity index (χ3v) is 3.70. The summed E-state index contributed by atoms with van der Waals surface area (Å²) >= 11 is 0. The number of rotatable bonds is 4. The van der Waals surface area contributed by atoms with Gasteiger partial charge in [-0.15, -0.1) is 0 Å². The summed E-state index contributed by atoms with van der Waals surface area (Å²) in [5, 5.41) is 8.76. The topological polar surface area (TPSA) is 43.8 Å². The summed E-state index contributed by atoms with van der Waals surface area (Å²) in [6, 6.07) is 1.000. The van der Waals surface area contributed by atoms with E-state index in [2.05, 4.69) is 30.7 Å². The van der Waals surface area contributed by atoms with Crippen LogP contribution in [0, 0.1) is 0 Å². The first-order valence-corrected chi connectivity index (χ1v) is 6.20. The second-order valence-electron chi connectivity index (χ2n) is 4.79. The Hall–Kier alpha value is -0.610. The zero-order valence-corrected chi connectivity index (χ0v) is 10.6. The molecule has 1 N–H and O–H groups in total. The first kappa shape index (κ1) is 13.5. The van der Waals surface area contributed by atoms with Crippen LogP contribution < -0.4 is 0 Å². The molecule has 0 radical (unpaired) electrons. The van der Waals surface area contributed by atoms with E-state index in [4.69, 9.17) is 5.11 Å². The van der Waals surface area contributed by atoms with Crippen LogP contribution in [0.25, 0.3) is 0 Å². The molecule has 94 valence electrons. The van der Waals surface area contributed by atoms with Crippen molar-refractivity contribution < 1.29 is 9.90 Å². The van der Waals surface area contributed by atoms with Crippen molar-refractivity contribution in [1.82, 2.24) is 9.80 Å². The van der Waals surface area contributed by atoms with Crippen molar-refractivity contribution >= 4 is 5.97 Å². The monoisotopic (exact) mass is 228 g/mol. The number of carbonyl (C=O) groups is 1. The van der Waals surface area contributed by atoms with E-state index in [0.29, 0.717) is 12.1 Å². The fourth-order valence-corrected chi connectivity index (χ4v) is 2.36. The van der Waals surface area contributed by atoms with Gasteiger partial charge in [-0.3, -0.25) is 9.69 Å². The molecule has 4 heteroatoms. The molecule has 0 aromatic carbocycles. The summed E-state index contributed by atoms with van der Waals surface area (Å²) in [4.78, 5) is 15.4. The number of likely N-dealkylation sites (N-methyl/N-ethyl adjacent to an activating group) is 2. The van der Waals surface area contributed by atoms with E-state index < -0.39 is 5.97 Å². The highest BCUT2D eigenvalue weighted by Gasteiger charge is 2.25. The third-order valence-electron chi connectivity index (χ3n) is 3.70. The largest absolute Gasteiger partial charge is 0.481 e. The zero-order valence-electron chi connectivity index (χ0n) is 10.6. The molecule has 0 aliphatic carbocycles. The van der Waals surface area contributed by atoms with Gasteiger partial charge in [-0.2, -0.15) is 0 Å². The highest BCUT2D eigenvalue weighted by molar-refractivity contribution is 5.66. The lowest BCUT2D eigenvalue weighted by molar-refractivity contribution is -0.137. The van der Waals surface area contributed by atoms with E-state index in [0.717, 1.165) is 26.1 Å². The van der Waals surface area contributed by atoms with E-state index in [1.807, 2.05) is 0 Å². The van der Waals surface area contributed by atoms with Gasteiger partial charge < -0.3 is 10.0 Å². The Bertz CT molecular complexity index is 233. The van der Waals surface area contributed by atoms with Crippen LogP contribution in [0.4, 0.5) is 0 Å². The molecule has 1 aliphatic rings. The van der Waals surface area contributed by atoms with Gasteiger partial charge in [0.1, 0.15) is 0 Å². The van der Waals surface area contributed by atoms with Crippen molar-refractivity contribution in [1.29, 1.82) is 0 Å². The number of hydrogen-bond acceptors (Lipinski definition) is 3. The molecule has 1 heterocycles. The highest BCUT2D eigenvalue weighted by atomic mass is 16.4. The van der Waals surface area contributed by atoms with Crippen LogP contribution in [0.2, 0.25) is 0 Å². The molecule has 0 saturated carbocycles. The van der Waals surface area contributed by atoms with Crippen molar-refractivity contribution in [3.05, 3.63) is 0 Å². The highest BCUT2D eigenvalue weighted by Crippen LogP contribution is 2.17. The maximum Gasteiger partial charge on any atom is 0.303 e. The molecule has 0 bridgehead atoms. The van der Waals surface area contributed by atoms with E-state index in [9.17, 15) is 4.79 Å². The van der Waals surface area contributed by atoms with Gasteiger partial charge in [-0.1, -0.05) is 6.92 Å². The number of aliphatic carboxylic acids is 1. The Morgan fingerprint density at radius 3 is 2.75 bits per heavy atom. The summed E-state index contributed by atoms with van der Waals surface area (Å²) < 4.78 is 0. The summed E-state index contributed by atoms with van der Waals surface area (Å²) in [5.41, 5.74) is 0. The predicted molar refractivity (Wildman–Crippen MR) is 64.6 cm³/mol. The van der Waals surface area contributed by atoms with E-state index in [1.165, 1.54) is 6.42 Å². The minimum Gasteiger partial charge on any atom is -0.481 e. The fourth-order valence-electron chi connectivity index (χ4n) is 2.36. The maximum atomic E-state index is 10.6. The molecule has 16 heavy (non-hydrogen) atoms. The number of nitrogens with zero attached hydrogens (tertiary/aromatic N) is 2. The molecule has 0 aromatic rings. The standard InChI is InChI=1S/C12H24N2O2/c1-4-14-8-7-10(2)13(3)9-11(14)5-6-12(15)16/h10-11H,4-9H2,1-3H3,(H,15,16). The van der Waals surface area contributed by atoms with E-state index >= 15 is 0 Å². The molecule has 0 spiro atoms. The average molecular weight is 228 g/mol. The second kappa shape index (κ2) is 6.21. The van der Waals surface area contributed by atoms with Crippen LogP contribution in [0.15, 0.2) is 0 Å². The third kappa shape index (κ3) is 3.76. The SMILES string of the molecule is CCN1CCC(C)N(C)CC1CCC(=O)O. The minimum atomic E-state index is -0.684. The Balaban J connectivity index is 2.57. The zero-order chi connectivity index (χ0) is 12.1. The van der Waals surface area contributed by atoms with Gasteiger partial charge in [0, 0.05) is 25.0 Å². The molecule has 0 aromatic heterocycles. The lowest BCUT2D eigenvalue weighted by Gasteiger charge is -2.30. The number of hydrogen-bond donors (Lipinski definition) is 1. The minimum absolute atomic E-state index is 0.281. The van der Waals surface area contributed by atoms with Crippen molar-refractivity contribution in [2.45, 2.75) is 45.2 Å². The Labute approximate surface area is 98.2 Å². The predicted octanol–water partition coefficient (Wildman–Crippen LogP) is 1.27. The summed E-state index contributed by atoms with van der Waals surface area (Å²) in [6.07, 6.45) is 2.22. The Kier molecular flexibility index (Phi) is 5.22. The van der Waals surface area contributed by atoms with Crippen LogP contribution in [0.1, 0.15) is 33.1 Å². The van der Waals surface area contributed by atoms with Crippen molar-refractivity contribution in [2.24, 2.45) is 0 Å². The molecule has 1 fully saturated rings. The van der Waals surface area contributed by atoms with Crippen LogP contribution in [0.5, 0.6) is 0 Å². The molecule has 4 nitrogen and oxygen atoms in total. The van der Waals surface area contributed by atoms with Gasteiger partial charge in [0.2, 0.25) is 0 Å². The summed E-state index contributed by atoms with van der Waals surface area (Å²) in [6.45, 7) is 7.50. The van der Waals surface area contributed by atoms with Crippen molar-refractivity contribution in [3.8, 4) is 0 Å². The molecule has 1 saturated heterocycles. The Morgan fingerprint density at radius 2 is 2.19 bits per heavy atom. The average Bonchev–Trinajstić information content (AvgIpc) is 2.37. The van der Waals surface area contributed by atoms with Crippen LogP contribution in [0.3, 0.4) is 0 Å². The van der Waals surface area contributed by atoms with E-state index in [-0.39, 0.29) is 6.42 Å². The number of carboxylic acids is 1. The fraction of sp³-hybridized carbons (Fsp3) is 0.917. The molecule has 0 amide bonds. The summed E-state index contributed by atoms with van der Waals surface area (Å²) in [7, 11) is 2.14. The van der Waals surface area contributed by atoms with Gasteiger partial charge >= 0.3 is 5.97 Å². The summed E-state index contributed by atoms with van der Waals surface area (Å²) in [5.74, 6) is -0.684. The van der Waals surface area contributed by atoms with Crippen LogP contribution in [-0.2, 0) is 4.79 Å². The molecule has 1 aliphatic heterocycles. The maximum absolute atomic E-state index is 10.6. The lowest BCUT2D eigenvalue weighted by atomic mass is 10.1. The first-order chi connectivity index (χ1) is 7.54. The van der Waals surface area contributed by atoms with Gasteiger partial charge in [0.25, 0.3) is 0 Å². The lowest BCUT2D eigenvalue weighted by Crippen LogP contribution is -2.41. The van der Waals surface area contributed by atoms with Gasteiger partial charge in [0.05, 0.1) is 0 Å². The second-order valence-corrected chi connectivity index (χ2v) is 4.79.